The fourth-order valence-corrected chi connectivity index (χ4v) is 3.36. The largest absolute Gasteiger partial charge is 0.497 e. The van der Waals surface area contributed by atoms with Gasteiger partial charge in [0.25, 0.3) is 0 Å². The Kier molecular flexibility index (Phi) is 7.73. The molecule has 1 heterocycles. The number of para-hydroxylation sites is 1. The molecule has 1 aliphatic rings. The van der Waals surface area contributed by atoms with Gasteiger partial charge in [0.05, 0.1) is 19.8 Å². The lowest BCUT2D eigenvalue weighted by Crippen LogP contribution is -2.41. The minimum absolute atomic E-state index is 0.213. The molecule has 0 aliphatic carbocycles. The summed E-state index contributed by atoms with van der Waals surface area (Å²) in [5, 5.41) is 0. The monoisotopic (exact) mass is 383 g/mol. The zero-order chi connectivity index (χ0) is 19.6. The average Bonchev–Trinajstić information content (AvgIpc) is 2.76. The third-order valence-corrected chi connectivity index (χ3v) is 5.03. The van der Waals surface area contributed by atoms with Gasteiger partial charge >= 0.3 is 0 Å². The number of likely N-dealkylation sites (tertiary alicyclic amines) is 1. The average molecular weight is 383 g/mol. The van der Waals surface area contributed by atoms with Crippen molar-refractivity contribution in [3.05, 3.63) is 60.2 Å². The molecule has 5 nitrogen and oxygen atoms in total. The van der Waals surface area contributed by atoms with Crippen LogP contribution in [0.4, 0.5) is 0 Å². The van der Waals surface area contributed by atoms with E-state index in [-0.39, 0.29) is 12.0 Å². The van der Waals surface area contributed by atoms with E-state index in [4.69, 9.17) is 14.2 Å². The third kappa shape index (κ3) is 6.27. The lowest BCUT2D eigenvalue weighted by atomic mass is 10.1. The number of ether oxygens (including phenoxy) is 3. The molecule has 1 amide bonds. The van der Waals surface area contributed by atoms with Crippen molar-refractivity contribution in [3.63, 3.8) is 0 Å². The van der Waals surface area contributed by atoms with Gasteiger partial charge in [-0.15, -0.1) is 0 Å². The van der Waals surface area contributed by atoms with Crippen molar-refractivity contribution in [2.45, 2.75) is 31.8 Å². The molecular formula is C23H29NO4. The molecule has 0 aromatic heterocycles. The molecule has 28 heavy (non-hydrogen) atoms. The first-order valence-electron chi connectivity index (χ1n) is 9.95. The molecule has 0 unspecified atom stereocenters. The standard InChI is InChI=1S/C23H29NO4/c1-26-20-10-7-19(8-11-20)9-12-23(25)24-15-13-22(14-16-24)28-18-17-27-21-5-3-2-4-6-21/h2-8,10-11,22H,9,12-18H2,1H3. The summed E-state index contributed by atoms with van der Waals surface area (Å²) in [6, 6.07) is 17.7. The molecule has 1 aliphatic heterocycles. The molecule has 1 saturated heterocycles. The minimum atomic E-state index is 0.213. The number of nitrogens with zero attached hydrogens (tertiary/aromatic N) is 1. The molecule has 2 aromatic rings. The maximum absolute atomic E-state index is 12.5. The molecule has 5 heteroatoms. The van der Waals surface area contributed by atoms with Crippen LogP contribution in [0.5, 0.6) is 11.5 Å². The number of amides is 1. The first kappa shape index (κ1) is 20.2. The fourth-order valence-electron chi connectivity index (χ4n) is 3.36. The Labute approximate surface area is 167 Å². The normalized spacial score (nSPS) is 14.7. The maximum atomic E-state index is 12.5. The van der Waals surface area contributed by atoms with Gasteiger partial charge in [-0.2, -0.15) is 0 Å². The van der Waals surface area contributed by atoms with E-state index >= 15 is 0 Å². The van der Waals surface area contributed by atoms with Gasteiger partial charge in [-0.05, 0) is 49.1 Å². The summed E-state index contributed by atoms with van der Waals surface area (Å²) in [5.41, 5.74) is 1.16. The lowest BCUT2D eigenvalue weighted by Gasteiger charge is -2.32. The Morgan fingerprint density at radius 3 is 2.36 bits per heavy atom. The summed E-state index contributed by atoms with van der Waals surface area (Å²) in [7, 11) is 1.65. The van der Waals surface area contributed by atoms with Crippen LogP contribution in [-0.2, 0) is 16.0 Å². The van der Waals surface area contributed by atoms with E-state index in [2.05, 4.69) is 0 Å². The summed E-state index contributed by atoms with van der Waals surface area (Å²) in [6.07, 6.45) is 3.29. The fraction of sp³-hybridized carbons (Fsp3) is 0.435. The Hall–Kier alpha value is -2.53. The van der Waals surface area contributed by atoms with Gasteiger partial charge in [-0.25, -0.2) is 0 Å². The van der Waals surface area contributed by atoms with E-state index in [9.17, 15) is 4.79 Å². The number of piperidine rings is 1. The van der Waals surface area contributed by atoms with E-state index in [0.717, 1.165) is 49.4 Å². The molecule has 0 atom stereocenters. The second-order valence-corrected chi connectivity index (χ2v) is 6.96. The number of carbonyl (C=O) groups is 1. The van der Waals surface area contributed by atoms with Crippen molar-refractivity contribution in [2.75, 3.05) is 33.4 Å². The summed E-state index contributed by atoms with van der Waals surface area (Å²) < 4.78 is 16.7. The Bertz CT molecular complexity index is 709. The Morgan fingerprint density at radius 2 is 1.68 bits per heavy atom. The highest BCUT2D eigenvalue weighted by atomic mass is 16.5. The first-order valence-corrected chi connectivity index (χ1v) is 9.95. The van der Waals surface area contributed by atoms with Crippen LogP contribution in [0.3, 0.4) is 0 Å². The number of aryl methyl sites for hydroxylation is 1. The van der Waals surface area contributed by atoms with Crippen molar-refractivity contribution in [1.29, 1.82) is 0 Å². The van der Waals surface area contributed by atoms with Gasteiger partial charge in [0, 0.05) is 19.5 Å². The molecule has 3 rings (SSSR count). The maximum Gasteiger partial charge on any atom is 0.222 e. The molecule has 2 aromatic carbocycles. The van der Waals surface area contributed by atoms with Gasteiger partial charge < -0.3 is 19.1 Å². The number of benzene rings is 2. The molecule has 0 spiro atoms. The molecule has 1 fully saturated rings. The van der Waals surface area contributed by atoms with E-state index < -0.39 is 0 Å². The molecule has 150 valence electrons. The van der Waals surface area contributed by atoms with Crippen molar-refractivity contribution in [2.24, 2.45) is 0 Å². The van der Waals surface area contributed by atoms with Crippen LogP contribution in [0.25, 0.3) is 0 Å². The Morgan fingerprint density at radius 1 is 0.964 bits per heavy atom. The van der Waals surface area contributed by atoms with Crippen LogP contribution in [0.1, 0.15) is 24.8 Å². The molecule has 0 N–H and O–H groups in total. The highest BCUT2D eigenvalue weighted by molar-refractivity contribution is 5.76. The first-order chi connectivity index (χ1) is 13.7. The quantitative estimate of drug-likeness (QED) is 0.620. The topological polar surface area (TPSA) is 48.0 Å². The van der Waals surface area contributed by atoms with Crippen LogP contribution in [0.2, 0.25) is 0 Å². The van der Waals surface area contributed by atoms with Gasteiger partial charge in [0.2, 0.25) is 5.91 Å². The number of carbonyl (C=O) groups excluding carboxylic acids is 1. The second kappa shape index (κ2) is 10.7. The predicted octanol–water partition coefficient (Wildman–Crippen LogP) is 3.71. The molecule has 0 bridgehead atoms. The summed E-state index contributed by atoms with van der Waals surface area (Å²) >= 11 is 0. The van der Waals surface area contributed by atoms with E-state index in [1.165, 1.54) is 0 Å². The van der Waals surface area contributed by atoms with Crippen LogP contribution >= 0.6 is 0 Å². The molecular weight excluding hydrogens is 354 g/mol. The summed E-state index contributed by atoms with van der Waals surface area (Å²) in [6.45, 7) is 2.66. The molecule has 0 radical (unpaired) electrons. The van der Waals surface area contributed by atoms with Gasteiger partial charge in [-0.1, -0.05) is 30.3 Å². The number of methoxy groups -OCH3 is 1. The van der Waals surface area contributed by atoms with Crippen LogP contribution in [0.15, 0.2) is 54.6 Å². The lowest BCUT2D eigenvalue weighted by molar-refractivity contribution is -0.133. The van der Waals surface area contributed by atoms with Crippen LogP contribution < -0.4 is 9.47 Å². The smallest absolute Gasteiger partial charge is 0.222 e. The third-order valence-electron chi connectivity index (χ3n) is 5.03. The summed E-state index contributed by atoms with van der Waals surface area (Å²) in [4.78, 5) is 14.4. The second-order valence-electron chi connectivity index (χ2n) is 6.96. The van der Waals surface area contributed by atoms with Crippen molar-refractivity contribution in [1.82, 2.24) is 4.90 Å². The number of hydrogen-bond donors (Lipinski definition) is 0. The number of rotatable bonds is 9. The predicted molar refractivity (Wildman–Crippen MR) is 109 cm³/mol. The van der Waals surface area contributed by atoms with Crippen molar-refractivity contribution in [3.8, 4) is 11.5 Å². The minimum Gasteiger partial charge on any atom is -0.497 e. The highest BCUT2D eigenvalue weighted by Crippen LogP contribution is 2.17. The summed E-state index contributed by atoms with van der Waals surface area (Å²) in [5.74, 6) is 1.93. The zero-order valence-corrected chi connectivity index (χ0v) is 16.5. The van der Waals surface area contributed by atoms with Crippen molar-refractivity contribution >= 4 is 5.91 Å². The SMILES string of the molecule is COc1ccc(CCC(=O)N2CCC(OCCOc3ccccc3)CC2)cc1. The molecule has 0 saturated carbocycles. The van der Waals surface area contributed by atoms with Crippen LogP contribution in [-0.4, -0.2) is 50.3 Å². The van der Waals surface area contributed by atoms with E-state index in [0.29, 0.717) is 19.6 Å². The van der Waals surface area contributed by atoms with Gasteiger partial charge in [-0.3, -0.25) is 4.79 Å². The van der Waals surface area contributed by atoms with Crippen molar-refractivity contribution < 1.29 is 19.0 Å². The highest BCUT2D eigenvalue weighted by Gasteiger charge is 2.22. The van der Waals surface area contributed by atoms with E-state index in [1.807, 2.05) is 59.5 Å². The van der Waals surface area contributed by atoms with Crippen LogP contribution in [0, 0.1) is 0 Å². The van der Waals surface area contributed by atoms with Gasteiger partial charge in [0.1, 0.15) is 18.1 Å². The van der Waals surface area contributed by atoms with E-state index in [1.54, 1.807) is 7.11 Å². The number of hydrogen-bond acceptors (Lipinski definition) is 4. The Balaban J connectivity index is 1.30. The zero-order valence-electron chi connectivity index (χ0n) is 16.5. The van der Waals surface area contributed by atoms with Gasteiger partial charge in [0.15, 0.2) is 0 Å².